The standard InChI is InChI=1S/C18H17F2N3O3S2/c1-3-9-23-16(15-8-10-26-12(15)2)21-22-18(23)27-11-13-4-6-14(7-5-13)28(24,25)17(19)20/h3-8,10,17H,1,9,11H2,2H3. The van der Waals surface area contributed by atoms with Gasteiger partial charge in [-0.05, 0) is 30.7 Å². The van der Waals surface area contributed by atoms with E-state index in [0.717, 1.165) is 16.9 Å². The number of benzene rings is 1. The summed E-state index contributed by atoms with van der Waals surface area (Å²) in [7, 11) is -4.59. The molecule has 148 valence electrons. The minimum absolute atomic E-state index is 0.399. The van der Waals surface area contributed by atoms with Crippen molar-refractivity contribution in [3.8, 4) is 11.4 Å². The quantitative estimate of drug-likeness (QED) is 0.395. The fourth-order valence-corrected chi connectivity index (χ4v) is 4.16. The van der Waals surface area contributed by atoms with Gasteiger partial charge in [0.2, 0.25) is 9.84 Å². The lowest BCUT2D eigenvalue weighted by Gasteiger charge is -2.08. The second kappa shape index (κ2) is 8.27. The Morgan fingerprint density at radius 1 is 1.25 bits per heavy atom. The van der Waals surface area contributed by atoms with Gasteiger partial charge in [-0.25, -0.2) is 8.42 Å². The number of nitrogens with zero attached hydrogens (tertiary/aromatic N) is 3. The molecule has 0 saturated heterocycles. The minimum atomic E-state index is -4.59. The molecule has 0 amide bonds. The summed E-state index contributed by atoms with van der Waals surface area (Å²) in [6, 6.07) is 7.21. The molecule has 0 saturated carbocycles. The lowest BCUT2D eigenvalue weighted by atomic mass is 10.2. The highest BCUT2D eigenvalue weighted by Crippen LogP contribution is 2.29. The van der Waals surface area contributed by atoms with Crippen molar-refractivity contribution in [3.05, 3.63) is 60.6 Å². The molecule has 0 aliphatic heterocycles. The van der Waals surface area contributed by atoms with E-state index in [4.69, 9.17) is 4.42 Å². The van der Waals surface area contributed by atoms with Gasteiger partial charge in [0, 0.05) is 12.3 Å². The van der Waals surface area contributed by atoms with Crippen LogP contribution in [0.25, 0.3) is 11.4 Å². The summed E-state index contributed by atoms with van der Waals surface area (Å²) in [5.41, 5.74) is 1.61. The van der Waals surface area contributed by atoms with Gasteiger partial charge >= 0.3 is 5.76 Å². The minimum Gasteiger partial charge on any atom is -0.469 e. The number of alkyl halides is 2. The van der Waals surface area contributed by atoms with Crippen LogP contribution in [0.5, 0.6) is 0 Å². The SMILES string of the molecule is C=CCn1c(SCc2ccc(S(=O)(=O)C(F)F)cc2)nnc1-c1ccoc1C. The Morgan fingerprint density at radius 2 is 1.96 bits per heavy atom. The molecule has 28 heavy (non-hydrogen) atoms. The van der Waals surface area contributed by atoms with Crippen LogP contribution in [0.2, 0.25) is 0 Å². The van der Waals surface area contributed by atoms with Crippen molar-refractivity contribution >= 4 is 21.6 Å². The number of halogens is 2. The highest BCUT2D eigenvalue weighted by Gasteiger charge is 2.26. The molecule has 10 heteroatoms. The van der Waals surface area contributed by atoms with Crippen LogP contribution in [0.15, 0.2) is 63.7 Å². The van der Waals surface area contributed by atoms with E-state index in [1.807, 2.05) is 17.6 Å². The van der Waals surface area contributed by atoms with E-state index >= 15 is 0 Å². The van der Waals surface area contributed by atoms with Crippen molar-refractivity contribution < 1.29 is 21.6 Å². The third-order valence-electron chi connectivity index (χ3n) is 3.98. The molecule has 3 aromatic rings. The average Bonchev–Trinajstić information content (AvgIpc) is 3.26. The Hall–Kier alpha value is -2.46. The molecule has 0 N–H and O–H groups in total. The third-order valence-corrected chi connectivity index (χ3v) is 6.42. The van der Waals surface area contributed by atoms with Crippen molar-refractivity contribution in [1.82, 2.24) is 14.8 Å². The number of hydrogen-bond donors (Lipinski definition) is 0. The number of furan rings is 1. The first-order valence-corrected chi connectivity index (χ1v) is 10.7. The molecule has 3 rings (SSSR count). The average molecular weight is 425 g/mol. The molecular weight excluding hydrogens is 408 g/mol. The molecule has 2 heterocycles. The maximum Gasteiger partial charge on any atom is 0.341 e. The smallest absolute Gasteiger partial charge is 0.341 e. The van der Waals surface area contributed by atoms with Crippen LogP contribution in [0.3, 0.4) is 0 Å². The van der Waals surface area contributed by atoms with Crippen LogP contribution in [-0.2, 0) is 22.1 Å². The van der Waals surface area contributed by atoms with Gasteiger partial charge in [0.05, 0.1) is 16.7 Å². The number of allylic oxidation sites excluding steroid dienone is 1. The maximum atomic E-state index is 12.6. The van der Waals surface area contributed by atoms with Gasteiger partial charge in [0.1, 0.15) is 5.76 Å². The first-order chi connectivity index (χ1) is 13.3. The van der Waals surface area contributed by atoms with E-state index in [9.17, 15) is 17.2 Å². The highest BCUT2D eigenvalue weighted by atomic mass is 32.2. The molecule has 2 aromatic heterocycles. The van der Waals surface area contributed by atoms with E-state index < -0.39 is 20.5 Å². The lowest BCUT2D eigenvalue weighted by molar-refractivity contribution is 0.234. The van der Waals surface area contributed by atoms with Crippen LogP contribution in [-0.4, -0.2) is 28.9 Å². The highest BCUT2D eigenvalue weighted by molar-refractivity contribution is 7.98. The molecule has 0 radical (unpaired) electrons. The van der Waals surface area contributed by atoms with Gasteiger partial charge in [0.15, 0.2) is 11.0 Å². The molecule has 0 atom stereocenters. The predicted octanol–water partition coefficient (Wildman–Crippen LogP) is 4.32. The van der Waals surface area contributed by atoms with Crippen molar-refractivity contribution in [1.29, 1.82) is 0 Å². The van der Waals surface area contributed by atoms with Crippen LogP contribution in [0.4, 0.5) is 8.78 Å². The summed E-state index contributed by atoms with van der Waals surface area (Å²) in [5.74, 6) is -1.58. The molecule has 0 bridgehead atoms. The van der Waals surface area contributed by atoms with E-state index in [0.29, 0.717) is 23.3 Å². The van der Waals surface area contributed by atoms with Crippen LogP contribution >= 0.6 is 11.8 Å². The van der Waals surface area contributed by atoms with Crippen molar-refractivity contribution in [2.45, 2.75) is 35.0 Å². The molecule has 0 fully saturated rings. The van der Waals surface area contributed by atoms with E-state index in [1.165, 1.54) is 36.0 Å². The normalized spacial score (nSPS) is 11.9. The van der Waals surface area contributed by atoms with Crippen molar-refractivity contribution in [3.63, 3.8) is 0 Å². The number of rotatable bonds is 8. The van der Waals surface area contributed by atoms with Crippen molar-refractivity contribution in [2.24, 2.45) is 0 Å². The van der Waals surface area contributed by atoms with E-state index in [1.54, 1.807) is 12.3 Å². The number of aromatic nitrogens is 3. The van der Waals surface area contributed by atoms with Gasteiger partial charge in [-0.2, -0.15) is 8.78 Å². The Balaban J connectivity index is 1.79. The number of hydrogen-bond acceptors (Lipinski definition) is 6. The van der Waals surface area contributed by atoms with E-state index in [2.05, 4.69) is 16.8 Å². The molecule has 0 unspecified atom stereocenters. The Bertz CT molecular complexity index is 1070. The molecule has 0 spiro atoms. The van der Waals surface area contributed by atoms with Crippen LogP contribution in [0.1, 0.15) is 11.3 Å². The summed E-state index contributed by atoms with van der Waals surface area (Å²) in [5, 5.41) is 9.11. The van der Waals surface area contributed by atoms with Crippen LogP contribution in [0, 0.1) is 6.92 Å². The van der Waals surface area contributed by atoms with Crippen molar-refractivity contribution in [2.75, 3.05) is 0 Å². The summed E-state index contributed by atoms with van der Waals surface area (Å²) < 4.78 is 55.4. The van der Waals surface area contributed by atoms with Gasteiger partial charge in [-0.3, -0.25) is 4.57 Å². The molecule has 0 aliphatic carbocycles. The Morgan fingerprint density at radius 3 is 2.54 bits per heavy atom. The lowest BCUT2D eigenvalue weighted by Crippen LogP contribution is -2.11. The van der Waals surface area contributed by atoms with Gasteiger partial charge < -0.3 is 4.42 Å². The number of sulfone groups is 1. The first kappa shape index (κ1) is 20.3. The Kier molecular flexibility index (Phi) is 5.99. The fourth-order valence-electron chi connectivity index (χ4n) is 2.53. The van der Waals surface area contributed by atoms with Gasteiger partial charge in [-0.1, -0.05) is 30.0 Å². The summed E-state index contributed by atoms with van der Waals surface area (Å²) in [6.45, 7) is 6.10. The second-order valence-electron chi connectivity index (χ2n) is 5.83. The second-order valence-corrected chi connectivity index (χ2v) is 8.69. The largest absolute Gasteiger partial charge is 0.469 e. The zero-order chi connectivity index (χ0) is 20.3. The molecule has 0 aliphatic rings. The maximum absolute atomic E-state index is 12.6. The van der Waals surface area contributed by atoms with E-state index in [-0.39, 0.29) is 0 Å². The summed E-state index contributed by atoms with van der Waals surface area (Å²) >= 11 is 1.40. The monoisotopic (exact) mass is 425 g/mol. The summed E-state index contributed by atoms with van der Waals surface area (Å²) in [6.07, 6.45) is 3.32. The molecule has 1 aromatic carbocycles. The molecule has 6 nitrogen and oxygen atoms in total. The topological polar surface area (TPSA) is 78.0 Å². The number of aryl methyl sites for hydroxylation is 1. The zero-order valence-electron chi connectivity index (χ0n) is 14.9. The Labute approximate surface area is 165 Å². The zero-order valence-corrected chi connectivity index (χ0v) is 16.5. The first-order valence-electron chi connectivity index (χ1n) is 8.17. The summed E-state index contributed by atoms with van der Waals surface area (Å²) in [4.78, 5) is -0.399. The number of thioether (sulfide) groups is 1. The van der Waals surface area contributed by atoms with Gasteiger partial charge in [-0.15, -0.1) is 16.8 Å². The fraction of sp³-hybridized carbons (Fsp3) is 0.222. The third kappa shape index (κ3) is 4.02. The van der Waals surface area contributed by atoms with Crippen LogP contribution < -0.4 is 0 Å². The van der Waals surface area contributed by atoms with Gasteiger partial charge in [0.25, 0.3) is 0 Å². The predicted molar refractivity (Wildman–Crippen MR) is 102 cm³/mol. The molecular formula is C18H17F2N3O3S2.